The molecule has 0 amide bonds. The van der Waals surface area contributed by atoms with Crippen LogP contribution in [-0.2, 0) is 6.54 Å². The third kappa shape index (κ3) is 4.06. The van der Waals surface area contributed by atoms with Crippen LogP contribution in [0.5, 0.6) is 0 Å². The number of aromatic nitrogens is 1. The fourth-order valence-electron chi connectivity index (χ4n) is 3.12. The van der Waals surface area contributed by atoms with Gasteiger partial charge in [-0.3, -0.25) is 10.1 Å². The summed E-state index contributed by atoms with van der Waals surface area (Å²) in [6, 6.07) is 11.1. The zero-order valence-electron chi connectivity index (χ0n) is 14.6. The lowest BCUT2D eigenvalue weighted by atomic mass is 10.2. The summed E-state index contributed by atoms with van der Waals surface area (Å²) < 4.78 is 0. The van der Waals surface area contributed by atoms with Gasteiger partial charge in [-0.15, -0.1) is 0 Å². The van der Waals surface area contributed by atoms with Gasteiger partial charge in [0.15, 0.2) is 0 Å². The van der Waals surface area contributed by atoms with E-state index in [1.54, 1.807) is 12.1 Å². The topological polar surface area (TPSA) is 65.8 Å². The van der Waals surface area contributed by atoms with Crippen LogP contribution in [0.15, 0.2) is 42.6 Å². The summed E-state index contributed by atoms with van der Waals surface area (Å²) >= 11 is 0. The van der Waals surface area contributed by atoms with Gasteiger partial charge in [0.05, 0.1) is 4.92 Å². The molecule has 0 spiro atoms. The predicted molar refractivity (Wildman–Crippen MR) is 99.2 cm³/mol. The maximum atomic E-state index is 11.2. The Bertz CT molecular complexity index is 725. The molecule has 0 radical (unpaired) electrons. The second-order valence-corrected chi connectivity index (χ2v) is 6.48. The summed E-state index contributed by atoms with van der Waals surface area (Å²) in [5, 5.41) is 11.2. The molecule has 1 aromatic carbocycles. The third-order valence-electron chi connectivity index (χ3n) is 4.33. The van der Waals surface area contributed by atoms with Crippen LogP contribution in [0.25, 0.3) is 0 Å². The number of para-hydroxylation sites is 2. The van der Waals surface area contributed by atoms with Crippen molar-refractivity contribution in [1.82, 2.24) is 9.88 Å². The molecule has 1 aliphatic rings. The Morgan fingerprint density at radius 1 is 1.08 bits per heavy atom. The van der Waals surface area contributed by atoms with Gasteiger partial charge in [-0.05, 0) is 31.8 Å². The number of benzene rings is 1. The number of nitro benzene ring substituents is 1. The molecular formula is C18H23N5O2. The van der Waals surface area contributed by atoms with E-state index in [-0.39, 0.29) is 10.6 Å². The number of pyridine rings is 1. The lowest BCUT2D eigenvalue weighted by Gasteiger charge is -2.36. The Labute approximate surface area is 147 Å². The molecule has 7 nitrogen and oxygen atoms in total. The fraction of sp³-hybridized carbons (Fsp3) is 0.389. The molecule has 1 aromatic heterocycles. The van der Waals surface area contributed by atoms with Gasteiger partial charge in [-0.1, -0.05) is 18.2 Å². The minimum absolute atomic E-state index is 0.169. The molecule has 1 saturated heterocycles. The summed E-state index contributed by atoms with van der Waals surface area (Å²) in [5.41, 5.74) is 2.05. The highest BCUT2D eigenvalue weighted by molar-refractivity contribution is 5.63. The monoisotopic (exact) mass is 341 g/mol. The first kappa shape index (κ1) is 17.2. The fourth-order valence-corrected chi connectivity index (χ4v) is 3.12. The maximum Gasteiger partial charge on any atom is 0.292 e. The quantitative estimate of drug-likeness (QED) is 0.614. The van der Waals surface area contributed by atoms with Crippen LogP contribution in [-0.4, -0.2) is 55.1 Å². The van der Waals surface area contributed by atoms with E-state index >= 15 is 0 Å². The van der Waals surface area contributed by atoms with Crippen molar-refractivity contribution in [3.8, 4) is 0 Å². The van der Waals surface area contributed by atoms with Gasteiger partial charge >= 0.3 is 0 Å². The van der Waals surface area contributed by atoms with Gasteiger partial charge in [0.25, 0.3) is 5.69 Å². The Balaban J connectivity index is 1.65. The van der Waals surface area contributed by atoms with Crippen LogP contribution in [0.2, 0.25) is 0 Å². The van der Waals surface area contributed by atoms with Crippen molar-refractivity contribution < 1.29 is 4.92 Å². The molecule has 7 heteroatoms. The number of hydrogen-bond donors (Lipinski definition) is 0. The number of hydrogen-bond acceptors (Lipinski definition) is 6. The van der Waals surface area contributed by atoms with E-state index in [0.29, 0.717) is 5.69 Å². The van der Waals surface area contributed by atoms with Crippen LogP contribution in [0, 0.1) is 10.1 Å². The largest absolute Gasteiger partial charge is 0.362 e. The number of nitrogens with zero attached hydrogens (tertiary/aromatic N) is 5. The number of nitro groups is 1. The van der Waals surface area contributed by atoms with Crippen molar-refractivity contribution in [2.75, 3.05) is 50.1 Å². The predicted octanol–water partition coefficient (Wildman–Crippen LogP) is 2.38. The molecular weight excluding hydrogens is 318 g/mol. The standard InChI is InChI=1S/C18H23N5O2/c1-20(2)14-15-7-8-18(19-13-15)22-11-9-21(10-12-22)16-5-3-4-6-17(16)23(24)25/h3-8,13H,9-12,14H2,1-2H3. The summed E-state index contributed by atoms with van der Waals surface area (Å²) in [7, 11) is 4.08. The number of piperazine rings is 1. The summed E-state index contributed by atoms with van der Waals surface area (Å²) in [6.07, 6.45) is 1.92. The average molecular weight is 341 g/mol. The van der Waals surface area contributed by atoms with Gasteiger partial charge in [0.1, 0.15) is 11.5 Å². The second-order valence-electron chi connectivity index (χ2n) is 6.48. The van der Waals surface area contributed by atoms with Crippen LogP contribution in [0.1, 0.15) is 5.56 Å². The van der Waals surface area contributed by atoms with Gasteiger partial charge < -0.3 is 14.7 Å². The molecule has 25 heavy (non-hydrogen) atoms. The van der Waals surface area contributed by atoms with E-state index in [2.05, 4.69) is 31.8 Å². The van der Waals surface area contributed by atoms with Crippen molar-refractivity contribution in [2.24, 2.45) is 0 Å². The molecule has 1 fully saturated rings. The number of rotatable bonds is 5. The lowest BCUT2D eigenvalue weighted by molar-refractivity contribution is -0.384. The van der Waals surface area contributed by atoms with Crippen LogP contribution >= 0.6 is 0 Å². The lowest BCUT2D eigenvalue weighted by Crippen LogP contribution is -2.47. The maximum absolute atomic E-state index is 11.2. The van der Waals surface area contributed by atoms with Crippen molar-refractivity contribution >= 4 is 17.2 Å². The summed E-state index contributed by atoms with van der Waals surface area (Å²) in [4.78, 5) is 21.9. The molecule has 0 atom stereocenters. The number of anilines is 2. The van der Waals surface area contributed by atoms with Gasteiger partial charge in [-0.2, -0.15) is 0 Å². The summed E-state index contributed by atoms with van der Waals surface area (Å²) in [6.45, 7) is 3.95. The van der Waals surface area contributed by atoms with Crippen molar-refractivity contribution in [1.29, 1.82) is 0 Å². The third-order valence-corrected chi connectivity index (χ3v) is 4.33. The first-order valence-corrected chi connectivity index (χ1v) is 8.37. The Morgan fingerprint density at radius 3 is 2.36 bits per heavy atom. The first-order chi connectivity index (χ1) is 12.0. The molecule has 2 aromatic rings. The smallest absolute Gasteiger partial charge is 0.292 e. The van der Waals surface area contributed by atoms with E-state index in [0.717, 1.165) is 38.5 Å². The van der Waals surface area contributed by atoms with Gasteiger partial charge in [-0.25, -0.2) is 4.98 Å². The van der Waals surface area contributed by atoms with Crippen molar-refractivity contribution in [2.45, 2.75) is 6.54 Å². The minimum Gasteiger partial charge on any atom is -0.362 e. The Morgan fingerprint density at radius 2 is 1.76 bits per heavy atom. The Hall–Kier alpha value is -2.67. The second kappa shape index (κ2) is 7.48. The first-order valence-electron chi connectivity index (χ1n) is 8.37. The SMILES string of the molecule is CN(C)Cc1ccc(N2CCN(c3ccccc3[N+](=O)[O-])CC2)nc1. The molecule has 0 unspecified atom stereocenters. The molecule has 2 heterocycles. The highest BCUT2D eigenvalue weighted by Gasteiger charge is 2.23. The summed E-state index contributed by atoms with van der Waals surface area (Å²) in [5.74, 6) is 0.963. The van der Waals surface area contributed by atoms with Crippen molar-refractivity contribution in [3.63, 3.8) is 0 Å². The van der Waals surface area contributed by atoms with Crippen LogP contribution < -0.4 is 9.80 Å². The van der Waals surface area contributed by atoms with E-state index in [1.807, 2.05) is 32.4 Å². The normalized spacial score (nSPS) is 14.8. The van der Waals surface area contributed by atoms with Crippen molar-refractivity contribution in [3.05, 3.63) is 58.3 Å². The molecule has 0 saturated carbocycles. The van der Waals surface area contributed by atoms with Crippen LogP contribution in [0.3, 0.4) is 0 Å². The average Bonchev–Trinajstić information content (AvgIpc) is 2.62. The van der Waals surface area contributed by atoms with Gasteiger partial charge in [0.2, 0.25) is 0 Å². The Kier molecular flexibility index (Phi) is 5.14. The molecule has 0 N–H and O–H groups in total. The zero-order valence-corrected chi connectivity index (χ0v) is 14.6. The van der Waals surface area contributed by atoms with E-state index < -0.39 is 0 Å². The molecule has 132 valence electrons. The van der Waals surface area contributed by atoms with Crippen LogP contribution in [0.4, 0.5) is 17.2 Å². The minimum atomic E-state index is -0.313. The molecule has 3 rings (SSSR count). The zero-order chi connectivity index (χ0) is 17.8. The highest BCUT2D eigenvalue weighted by Crippen LogP contribution is 2.28. The van der Waals surface area contributed by atoms with E-state index in [1.165, 1.54) is 5.56 Å². The van der Waals surface area contributed by atoms with Gasteiger partial charge in [0, 0.05) is 45.0 Å². The molecule has 0 bridgehead atoms. The van der Waals surface area contributed by atoms with E-state index in [9.17, 15) is 10.1 Å². The highest BCUT2D eigenvalue weighted by atomic mass is 16.6. The van der Waals surface area contributed by atoms with E-state index in [4.69, 9.17) is 0 Å². The molecule has 1 aliphatic heterocycles. The molecule has 0 aliphatic carbocycles.